The summed E-state index contributed by atoms with van der Waals surface area (Å²) >= 11 is 0. The normalized spacial score (nSPS) is 11.2. The van der Waals surface area contributed by atoms with Crippen LogP contribution in [-0.2, 0) is 21.4 Å². The lowest BCUT2D eigenvalue weighted by Crippen LogP contribution is -2.24. The molecule has 2 aromatic carbocycles. The predicted molar refractivity (Wildman–Crippen MR) is 110 cm³/mol. The average Bonchev–Trinajstić information content (AvgIpc) is 2.65. The molecule has 1 amide bonds. The standard InChI is InChI=1S/C20H25N3O4S/c1-3-13-27-18-9-7-16(8-10-18)15-23(2)12-11-20(24)22-17-5-4-6-19(14-17)28(21,25)26/h3-10,14H,1,11-13,15H2,2H3,(H,22,24)(H2,21,25,26). The van der Waals surface area contributed by atoms with Gasteiger partial charge in [-0.3, -0.25) is 4.79 Å². The van der Waals surface area contributed by atoms with Crippen molar-refractivity contribution in [1.29, 1.82) is 0 Å². The Kier molecular flexibility index (Phi) is 7.74. The first-order valence-corrected chi connectivity index (χ1v) is 10.3. The van der Waals surface area contributed by atoms with Crippen LogP contribution >= 0.6 is 0 Å². The molecule has 0 aliphatic heterocycles. The zero-order valence-electron chi connectivity index (χ0n) is 15.8. The Balaban J connectivity index is 1.81. The van der Waals surface area contributed by atoms with Crippen LogP contribution in [0.2, 0.25) is 0 Å². The second-order valence-corrected chi connectivity index (χ2v) is 7.91. The Morgan fingerprint density at radius 3 is 2.61 bits per heavy atom. The average molecular weight is 404 g/mol. The molecule has 0 aliphatic carbocycles. The van der Waals surface area contributed by atoms with E-state index in [-0.39, 0.29) is 17.2 Å². The first kappa shape index (κ1) is 21.6. The molecule has 0 aliphatic rings. The molecule has 0 saturated carbocycles. The van der Waals surface area contributed by atoms with Crippen molar-refractivity contribution in [2.45, 2.75) is 17.9 Å². The summed E-state index contributed by atoms with van der Waals surface area (Å²) < 4.78 is 28.2. The highest BCUT2D eigenvalue weighted by Gasteiger charge is 2.10. The van der Waals surface area contributed by atoms with Gasteiger partial charge >= 0.3 is 0 Å². The quantitative estimate of drug-likeness (QED) is 0.593. The van der Waals surface area contributed by atoms with Crippen molar-refractivity contribution >= 4 is 21.6 Å². The summed E-state index contributed by atoms with van der Waals surface area (Å²) in [5, 5.41) is 7.79. The fourth-order valence-corrected chi connectivity index (χ4v) is 3.06. The van der Waals surface area contributed by atoms with Gasteiger partial charge in [-0.1, -0.05) is 30.9 Å². The monoisotopic (exact) mass is 403 g/mol. The number of benzene rings is 2. The van der Waals surface area contributed by atoms with Crippen LogP contribution in [-0.4, -0.2) is 39.4 Å². The molecule has 2 aromatic rings. The van der Waals surface area contributed by atoms with Crippen LogP contribution in [0.3, 0.4) is 0 Å². The number of primary sulfonamides is 1. The zero-order valence-corrected chi connectivity index (χ0v) is 16.6. The van der Waals surface area contributed by atoms with Crippen molar-refractivity contribution < 1.29 is 17.9 Å². The summed E-state index contributed by atoms with van der Waals surface area (Å²) in [6, 6.07) is 13.6. The number of amides is 1. The molecule has 3 N–H and O–H groups in total. The Morgan fingerprint density at radius 1 is 1.25 bits per heavy atom. The van der Waals surface area contributed by atoms with E-state index in [4.69, 9.17) is 9.88 Å². The molecular weight excluding hydrogens is 378 g/mol. The highest BCUT2D eigenvalue weighted by atomic mass is 32.2. The fourth-order valence-electron chi connectivity index (χ4n) is 2.50. The lowest BCUT2D eigenvalue weighted by molar-refractivity contribution is -0.116. The van der Waals surface area contributed by atoms with Crippen LogP contribution in [0.15, 0.2) is 66.1 Å². The van der Waals surface area contributed by atoms with E-state index in [2.05, 4.69) is 11.9 Å². The van der Waals surface area contributed by atoms with Gasteiger partial charge in [0.2, 0.25) is 15.9 Å². The van der Waals surface area contributed by atoms with Crippen LogP contribution in [0, 0.1) is 0 Å². The number of hydrogen-bond acceptors (Lipinski definition) is 5. The van der Waals surface area contributed by atoms with Gasteiger partial charge in [0.15, 0.2) is 0 Å². The van der Waals surface area contributed by atoms with Crippen molar-refractivity contribution in [3.63, 3.8) is 0 Å². The van der Waals surface area contributed by atoms with E-state index < -0.39 is 10.0 Å². The van der Waals surface area contributed by atoms with Gasteiger partial charge in [0, 0.05) is 25.2 Å². The number of ether oxygens (including phenoxy) is 1. The minimum Gasteiger partial charge on any atom is -0.490 e. The van der Waals surface area contributed by atoms with Gasteiger partial charge in [0.25, 0.3) is 0 Å². The van der Waals surface area contributed by atoms with Gasteiger partial charge in [0.1, 0.15) is 12.4 Å². The zero-order chi connectivity index (χ0) is 20.6. The van der Waals surface area contributed by atoms with Crippen LogP contribution in [0.4, 0.5) is 5.69 Å². The summed E-state index contributed by atoms with van der Waals surface area (Å²) in [6.45, 7) is 5.32. The van der Waals surface area contributed by atoms with Gasteiger partial charge < -0.3 is 15.0 Å². The van der Waals surface area contributed by atoms with Gasteiger partial charge in [-0.25, -0.2) is 13.6 Å². The molecule has 0 saturated heterocycles. The molecule has 0 heterocycles. The number of anilines is 1. The van der Waals surface area contributed by atoms with Gasteiger partial charge in [-0.15, -0.1) is 0 Å². The topological polar surface area (TPSA) is 102 Å². The van der Waals surface area contributed by atoms with Crippen LogP contribution in [0.5, 0.6) is 5.75 Å². The highest BCUT2D eigenvalue weighted by molar-refractivity contribution is 7.89. The van der Waals surface area contributed by atoms with Crippen molar-refractivity contribution in [3.05, 3.63) is 66.7 Å². The van der Waals surface area contributed by atoms with Crippen LogP contribution in [0.25, 0.3) is 0 Å². The molecule has 0 atom stereocenters. The number of carbonyl (C=O) groups is 1. The maximum absolute atomic E-state index is 12.1. The third-order valence-electron chi connectivity index (χ3n) is 3.91. The Labute approximate surface area is 165 Å². The van der Waals surface area contributed by atoms with E-state index in [1.54, 1.807) is 12.1 Å². The summed E-state index contributed by atoms with van der Waals surface area (Å²) in [4.78, 5) is 14.1. The first-order valence-electron chi connectivity index (χ1n) is 8.72. The molecule has 0 spiro atoms. The molecule has 8 heteroatoms. The van der Waals surface area contributed by atoms with Gasteiger partial charge in [0.05, 0.1) is 4.90 Å². The Hall–Kier alpha value is -2.68. The van der Waals surface area contributed by atoms with E-state index in [0.29, 0.717) is 25.4 Å². The number of rotatable bonds is 10. The summed E-state index contributed by atoms with van der Waals surface area (Å²) in [6.07, 6.45) is 1.97. The Morgan fingerprint density at radius 2 is 1.96 bits per heavy atom. The molecule has 0 aromatic heterocycles. The third-order valence-corrected chi connectivity index (χ3v) is 4.82. The van der Waals surface area contributed by atoms with Gasteiger partial charge in [-0.05, 0) is 42.9 Å². The van der Waals surface area contributed by atoms with Crippen molar-refractivity contribution in [2.24, 2.45) is 5.14 Å². The number of nitrogens with zero attached hydrogens (tertiary/aromatic N) is 1. The SMILES string of the molecule is C=CCOc1ccc(CN(C)CCC(=O)Nc2cccc(S(N)(=O)=O)c2)cc1. The lowest BCUT2D eigenvalue weighted by Gasteiger charge is -2.17. The summed E-state index contributed by atoms with van der Waals surface area (Å²) in [7, 11) is -1.88. The van der Waals surface area contributed by atoms with E-state index in [1.165, 1.54) is 18.2 Å². The number of hydrogen-bond donors (Lipinski definition) is 2. The molecule has 0 unspecified atom stereocenters. The number of nitrogens with two attached hydrogens (primary N) is 1. The van der Waals surface area contributed by atoms with E-state index in [9.17, 15) is 13.2 Å². The molecule has 2 rings (SSSR count). The number of carbonyl (C=O) groups excluding carboxylic acids is 1. The van der Waals surface area contributed by atoms with Gasteiger partial charge in [-0.2, -0.15) is 0 Å². The second-order valence-electron chi connectivity index (χ2n) is 6.35. The molecule has 0 fully saturated rings. The molecule has 7 nitrogen and oxygen atoms in total. The smallest absolute Gasteiger partial charge is 0.238 e. The summed E-state index contributed by atoms with van der Waals surface area (Å²) in [5.41, 5.74) is 1.50. The maximum Gasteiger partial charge on any atom is 0.238 e. The molecule has 0 bridgehead atoms. The largest absolute Gasteiger partial charge is 0.490 e. The predicted octanol–water partition coefficient (Wildman–Crippen LogP) is 2.36. The lowest BCUT2D eigenvalue weighted by atomic mass is 10.2. The molecule has 0 radical (unpaired) electrons. The third kappa shape index (κ3) is 7.15. The van der Waals surface area contributed by atoms with Crippen molar-refractivity contribution in [3.8, 4) is 5.75 Å². The number of nitrogens with one attached hydrogen (secondary N) is 1. The van der Waals surface area contributed by atoms with E-state index >= 15 is 0 Å². The minimum atomic E-state index is -3.80. The Bertz CT molecular complexity index is 911. The molecule has 28 heavy (non-hydrogen) atoms. The highest BCUT2D eigenvalue weighted by Crippen LogP contribution is 2.15. The van der Waals surface area contributed by atoms with Crippen molar-refractivity contribution in [2.75, 3.05) is 25.5 Å². The molecular formula is C20H25N3O4S. The van der Waals surface area contributed by atoms with Crippen LogP contribution in [0.1, 0.15) is 12.0 Å². The first-order chi connectivity index (χ1) is 13.3. The van der Waals surface area contributed by atoms with Crippen molar-refractivity contribution in [1.82, 2.24) is 4.90 Å². The van der Waals surface area contributed by atoms with E-state index in [1.807, 2.05) is 36.2 Å². The summed E-state index contributed by atoms with van der Waals surface area (Å²) in [5.74, 6) is 0.582. The minimum absolute atomic E-state index is 0.0389. The fraction of sp³-hybridized carbons (Fsp3) is 0.250. The molecule has 150 valence electrons. The second kappa shape index (κ2) is 10.0. The van der Waals surface area contributed by atoms with E-state index in [0.717, 1.165) is 11.3 Å². The number of sulfonamides is 1. The van der Waals surface area contributed by atoms with Crippen LogP contribution < -0.4 is 15.2 Å². The maximum atomic E-state index is 12.1.